The van der Waals surface area contributed by atoms with Gasteiger partial charge in [0, 0.05) is 5.56 Å². The number of rotatable bonds is 4. The van der Waals surface area contributed by atoms with Gasteiger partial charge in [0.25, 0.3) is 5.91 Å². The topological polar surface area (TPSA) is 63.2 Å². The number of carbonyl (C=O) groups is 1. The second-order valence-corrected chi connectivity index (χ2v) is 8.47. The number of sulfone groups is 1. The normalized spacial score (nSPS) is 12.2. The number of hydrogen-bond acceptors (Lipinski definition) is 3. The monoisotopic (exact) mass is 367 g/mol. The third-order valence-corrected chi connectivity index (χ3v) is 5.13. The molecule has 0 aromatic heterocycles. The summed E-state index contributed by atoms with van der Waals surface area (Å²) in [5.74, 6) is -4.13. The van der Waals surface area contributed by atoms with Gasteiger partial charge < -0.3 is 5.32 Å². The van der Waals surface area contributed by atoms with Gasteiger partial charge in [-0.2, -0.15) is 8.78 Å². The van der Waals surface area contributed by atoms with Crippen LogP contribution in [0.4, 0.5) is 14.5 Å². The Labute approximate surface area is 145 Å². The minimum atomic E-state index is -4.81. The molecule has 2 aromatic carbocycles. The highest BCUT2D eigenvalue weighted by Gasteiger charge is 2.29. The standard InChI is InChI=1S/C18H19F2NO3S/c1-18(2,3)13-10-8-12(9-11-13)16(22)21-14-6-4-5-7-15(14)25(23,24)17(19)20/h4-11,17H,1-3H3,(H,21,22). The molecule has 7 heteroatoms. The first-order valence-corrected chi connectivity index (χ1v) is 9.11. The number of para-hydroxylation sites is 1. The summed E-state index contributed by atoms with van der Waals surface area (Å²) in [5.41, 5.74) is 1.09. The molecule has 0 aliphatic heterocycles. The molecule has 0 aliphatic carbocycles. The van der Waals surface area contributed by atoms with Crippen molar-refractivity contribution in [1.29, 1.82) is 0 Å². The van der Waals surface area contributed by atoms with Crippen LogP contribution < -0.4 is 5.32 Å². The van der Waals surface area contributed by atoms with E-state index >= 15 is 0 Å². The van der Waals surface area contributed by atoms with Crippen molar-refractivity contribution in [2.45, 2.75) is 36.8 Å². The quantitative estimate of drug-likeness (QED) is 0.879. The van der Waals surface area contributed by atoms with Gasteiger partial charge in [-0.3, -0.25) is 4.79 Å². The van der Waals surface area contributed by atoms with Gasteiger partial charge in [-0.05, 0) is 35.2 Å². The molecule has 0 saturated carbocycles. The molecule has 0 radical (unpaired) electrons. The molecule has 0 unspecified atom stereocenters. The molecular formula is C18H19F2NO3S. The lowest BCUT2D eigenvalue weighted by Crippen LogP contribution is -2.18. The first-order valence-electron chi connectivity index (χ1n) is 7.56. The summed E-state index contributed by atoms with van der Waals surface area (Å²) in [4.78, 5) is 11.7. The Bertz CT molecular complexity index is 870. The summed E-state index contributed by atoms with van der Waals surface area (Å²) in [6.45, 7) is 6.11. The summed E-state index contributed by atoms with van der Waals surface area (Å²) in [5, 5.41) is 2.39. The van der Waals surface area contributed by atoms with E-state index in [2.05, 4.69) is 5.32 Å². The molecule has 1 amide bonds. The van der Waals surface area contributed by atoms with E-state index in [9.17, 15) is 22.0 Å². The number of hydrogen-bond donors (Lipinski definition) is 1. The Balaban J connectivity index is 2.31. The Kier molecular flexibility index (Phi) is 5.27. The van der Waals surface area contributed by atoms with Gasteiger partial charge in [0.05, 0.1) is 10.6 Å². The van der Waals surface area contributed by atoms with E-state index in [0.717, 1.165) is 11.6 Å². The van der Waals surface area contributed by atoms with Crippen LogP contribution in [0.1, 0.15) is 36.7 Å². The molecule has 0 saturated heterocycles. The largest absolute Gasteiger partial charge is 0.341 e. The fraction of sp³-hybridized carbons (Fsp3) is 0.278. The van der Waals surface area contributed by atoms with Crippen LogP contribution in [0.2, 0.25) is 0 Å². The number of alkyl halides is 2. The lowest BCUT2D eigenvalue weighted by Gasteiger charge is -2.19. The van der Waals surface area contributed by atoms with Crippen LogP contribution in [-0.4, -0.2) is 20.1 Å². The molecule has 4 nitrogen and oxygen atoms in total. The van der Waals surface area contributed by atoms with Crippen molar-refractivity contribution >= 4 is 21.4 Å². The van der Waals surface area contributed by atoms with Crippen molar-refractivity contribution in [2.24, 2.45) is 0 Å². The van der Waals surface area contributed by atoms with Crippen molar-refractivity contribution in [3.8, 4) is 0 Å². The zero-order valence-corrected chi connectivity index (χ0v) is 14.9. The Morgan fingerprint density at radius 3 is 2.08 bits per heavy atom. The first-order chi connectivity index (χ1) is 11.5. The van der Waals surface area contributed by atoms with Crippen LogP contribution in [-0.2, 0) is 15.3 Å². The van der Waals surface area contributed by atoms with Gasteiger partial charge in [-0.25, -0.2) is 8.42 Å². The lowest BCUT2D eigenvalue weighted by atomic mass is 9.87. The minimum Gasteiger partial charge on any atom is -0.321 e. The Morgan fingerprint density at radius 2 is 1.56 bits per heavy atom. The van der Waals surface area contributed by atoms with Gasteiger partial charge in [-0.1, -0.05) is 45.0 Å². The maximum atomic E-state index is 12.8. The van der Waals surface area contributed by atoms with Crippen LogP contribution in [0.5, 0.6) is 0 Å². The SMILES string of the molecule is CC(C)(C)c1ccc(C(=O)Nc2ccccc2S(=O)(=O)C(F)F)cc1. The molecule has 0 spiro atoms. The molecule has 0 bridgehead atoms. The molecule has 0 fully saturated rings. The van der Waals surface area contributed by atoms with Crippen molar-refractivity contribution in [3.63, 3.8) is 0 Å². The average molecular weight is 367 g/mol. The molecular weight excluding hydrogens is 348 g/mol. The second-order valence-electron chi connectivity index (χ2n) is 6.58. The molecule has 25 heavy (non-hydrogen) atoms. The summed E-state index contributed by atoms with van der Waals surface area (Å²) in [7, 11) is -4.81. The third-order valence-electron chi connectivity index (χ3n) is 3.69. The van der Waals surface area contributed by atoms with Gasteiger partial charge >= 0.3 is 5.76 Å². The van der Waals surface area contributed by atoms with Crippen LogP contribution in [0.3, 0.4) is 0 Å². The summed E-state index contributed by atoms with van der Waals surface area (Å²) in [6, 6.07) is 11.9. The van der Waals surface area contributed by atoms with E-state index in [-0.39, 0.29) is 11.1 Å². The lowest BCUT2D eigenvalue weighted by molar-refractivity contribution is 0.102. The Morgan fingerprint density at radius 1 is 1.00 bits per heavy atom. The number of carbonyl (C=O) groups excluding carboxylic acids is 1. The second kappa shape index (κ2) is 6.92. The number of halogens is 2. The van der Waals surface area contributed by atoms with Crippen LogP contribution in [0, 0.1) is 0 Å². The molecule has 2 rings (SSSR count). The molecule has 1 N–H and O–H groups in total. The Hall–Kier alpha value is -2.28. The van der Waals surface area contributed by atoms with Crippen molar-refractivity contribution < 1.29 is 22.0 Å². The zero-order chi connectivity index (χ0) is 18.8. The average Bonchev–Trinajstić information content (AvgIpc) is 2.54. The predicted octanol–water partition coefficient (Wildman–Crippen LogP) is 4.23. The maximum Gasteiger partial charge on any atom is 0.341 e. The van der Waals surface area contributed by atoms with E-state index < -0.39 is 26.4 Å². The van der Waals surface area contributed by atoms with Gasteiger partial charge in [0.2, 0.25) is 9.84 Å². The number of amides is 1. The number of anilines is 1. The predicted molar refractivity (Wildman–Crippen MR) is 92.7 cm³/mol. The van der Waals surface area contributed by atoms with Crippen molar-refractivity contribution in [3.05, 3.63) is 59.7 Å². The van der Waals surface area contributed by atoms with Gasteiger partial charge in [-0.15, -0.1) is 0 Å². The summed E-state index contributed by atoms with van der Waals surface area (Å²) >= 11 is 0. The fourth-order valence-corrected chi connectivity index (χ4v) is 3.12. The van der Waals surface area contributed by atoms with E-state index in [1.165, 1.54) is 18.2 Å². The van der Waals surface area contributed by atoms with Crippen molar-refractivity contribution in [1.82, 2.24) is 0 Å². The van der Waals surface area contributed by atoms with Crippen LogP contribution in [0.15, 0.2) is 53.4 Å². The molecule has 0 aliphatic rings. The third kappa shape index (κ3) is 4.22. The van der Waals surface area contributed by atoms with Crippen molar-refractivity contribution in [2.75, 3.05) is 5.32 Å². The van der Waals surface area contributed by atoms with E-state index in [4.69, 9.17) is 0 Å². The molecule has 0 heterocycles. The molecule has 0 atom stereocenters. The molecule has 2 aromatic rings. The van der Waals surface area contributed by atoms with E-state index in [1.54, 1.807) is 24.3 Å². The maximum absolute atomic E-state index is 12.8. The fourth-order valence-electron chi connectivity index (χ4n) is 2.23. The van der Waals surface area contributed by atoms with Crippen LogP contribution >= 0.6 is 0 Å². The smallest absolute Gasteiger partial charge is 0.321 e. The van der Waals surface area contributed by atoms with Crippen LogP contribution in [0.25, 0.3) is 0 Å². The van der Waals surface area contributed by atoms with Gasteiger partial charge in [0.1, 0.15) is 0 Å². The highest BCUT2D eigenvalue weighted by molar-refractivity contribution is 7.91. The summed E-state index contributed by atoms with van der Waals surface area (Å²) < 4.78 is 49.0. The van der Waals surface area contributed by atoms with Gasteiger partial charge in [0.15, 0.2) is 0 Å². The first kappa shape index (κ1) is 19.1. The van der Waals surface area contributed by atoms with E-state index in [0.29, 0.717) is 5.56 Å². The molecule has 134 valence electrons. The highest BCUT2D eigenvalue weighted by atomic mass is 32.2. The minimum absolute atomic E-state index is 0.0764. The number of benzene rings is 2. The van der Waals surface area contributed by atoms with E-state index in [1.807, 2.05) is 20.8 Å². The highest BCUT2D eigenvalue weighted by Crippen LogP contribution is 2.27. The zero-order valence-electron chi connectivity index (χ0n) is 14.1. The summed E-state index contributed by atoms with van der Waals surface area (Å²) in [6.07, 6.45) is 0. The number of nitrogens with one attached hydrogen (secondary N) is 1.